The summed E-state index contributed by atoms with van der Waals surface area (Å²) in [5.41, 5.74) is 5.58. The number of hydrogen-bond donors (Lipinski definition) is 4. The summed E-state index contributed by atoms with van der Waals surface area (Å²) >= 11 is 0. The van der Waals surface area contributed by atoms with E-state index in [1.165, 1.54) is 0 Å². The summed E-state index contributed by atoms with van der Waals surface area (Å²) in [5.74, 6) is 0.565. The average molecular weight is 267 g/mol. The van der Waals surface area contributed by atoms with Gasteiger partial charge in [-0.05, 0) is 12.1 Å². The highest BCUT2D eigenvalue weighted by Crippen LogP contribution is 2.17. The van der Waals surface area contributed by atoms with Crippen molar-refractivity contribution in [2.24, 2.45) is 5.73 Å². The molecule has 0 heterocycles. The number of rotatable bonds is 7. The molecule has 19 heavy (non-hydrogen) atoms. The van der Waals surface area contributed by atoms with E-state index >= 15 is 0 Å². The van der Waals surface area contributed by atoms with Crippen molar-refractivity contribution in [3.05, 3.63) is 24.3 Å². The molecule has 0 unspecified atom stereocenters. The monoisotopic (exact) mass is 267 g/mol. The number of nitrogens with two attached hydrogens (primary N) is 1. The molecule has 0 saturated heterocycles. The van der Waals surface area contributed by atoms with Crippen LogP contribution in [0.5, 0.6) is 5.75 Å². The number of carbonyl (C=O) groups is 1. The van der Waals surface area contributed by atoms with Crippen LogP contribution in [0, 0.1) is 0 Å². The maximum Gasteiger partial charge on any atom is 0.316 e. The fourth-order valence-corrected chi connectivity index (χ4v) is 1.43. The molecule has 2 amide bonds. The molecule has 6 nitrogen and oxygen atoms in total. The third-order valence-corrected chi connectivity index (χ3v) is 2.31. The minimum absolute atomic E-state index is 0.180. The van der Waals surface area contributed by atoms with Gasteiger partial charge in [0.1, 0.15) is 18.5 Å². The molecule has 0 bridgehead atoms. The molecule has 6 heteroatoms. The molecule has 1 aromatic rings. The van der Waals surface area contributed by atoms with Gasteiger partial charge in [-0.3, -0.25) is 0 Å². The zero-order chi connectivity index (χ0) is 14.3. The number of hydrogen-bond acceptors (Lipinski definition) is 4. The van der Waals surface area contributed by atoms with E-state index < -0.39 is 12.1 Å². The van der Waals surface area contributed by atoms with Crippen molar-refractivity contribution in [1.82, 2.24) is 5.32 Å². The highest BCUT2D eigenvalue weighted by molar-refractivity contribution is 5.87. The number of benzene rings is 1. The molecule has 0 aliphatic rings. The number of aliphatic hydroxyl groups excluding tert-OH is 1. The standard InChI is InChI=1S/C13H21N3O3/c1-9(2)15-7-11(17)8-19-12-5-3-4-10(6-12)16-13(14)18/h3-6,9,11,15,17H,7-8H2,1-2H3,(H3,14,16,18)/t11-/m1/s1. The molecular formula is C13H21N3O3. The number of ether oxygens (including phenoxy) is 1. The molecule has 0 aromatic heterocycles. The van der Waals surface area contributed by atoms with Crippen LogP contribution in [0.15, 0.2) is 24.3 Å². The molecular weight excluding hydrogens is 246 g/mol. The molecule has 0 radical (unpaired) electrons. The predicted octanol–water partition coefficient (Wildman–Crippen LogP) is 0.915. The Balaban J connectivity index is 2.42. The molecule has 0 spiro atoms. The number of primary amides is 1. The smallest absolute Gasteiger partial charge is 0.316 e. The van der Waals surface area contributed by atoms with Crippen molar-refractivity contribution in [2.45, 2.75) is 26.0 Å². The maximum atomic E-state index is 10.7. The van der Waals surface area contributed by atoms with Gasteiger partial charge in [-0.2, -0.15) is 0 Å². The van der Waals surface area contributed by atoms with E-state index in [0.29, 0.717) is 24.0 Å². The first-order chi connectivity index (χ1) is 8.97. The van der Waals surface area contributed by atoms with Crippen LogP contribution in [0.25, 0.3) is 0 Å². The number of nitrogens with one attached hydrogen (secondary N) is 2. The van der Waals surface area contributed by atoms with Crippen LogP contribution < -0.4 is 21.1 Å². The van der Waals surface area contributed by atoms with Crippen molar-refractivity contribution in [1.29, 1.82) is 0 Å². The summed E-state index contributed by atoms with van der Waals surface area (Å²) in [6, 6.07) is 6.52. The highest BCUT2D eigenvalue weighted by atomic mass is 16.5. The van der Waals surface area contributed by atoms with Gasteiger partial charge in [0, 0.05) is 24.3 Å². The highest BCUT2D eigenvalue weighted by Gasteiger charge is 2.06. The zero-order valence-corrected chi connectivity index (χ0v) is 11.2. The summed E-state index contributed by atoms with van der Waals surface area (Å²) in [7, 11) is 0. The fraction of sp³-hybridized carbons (Fsp3) is 0.462. The lowest BCUT2D eigenvalue weighted by Crippen LogP contribution is -2.35. The van der Waals surface area contributed by atoms with E-state index in [4.69, 9.17) is 10.5 Å². The lowest BCUT2D eigenvalue weighted by Gasteiger charge is -2.15. The van der Waals surface area contributed by atoms with Crippen molar-refractivity contribution < 1.29 is 14.6 Å². The molecule has 106 valence electrons. The fourth-order valence-electron chi connectivity index (χ4n) is 1.43. The van der Waals surface area contributed by atoms with Crippen LogP contribution in [0.2, 0.25) is 0 Å². The number of aliphatic hydroxyl groups is 1. The Bertz CT molecular complexity index is 410. The van der Waals surface area contributed by atoms with Crippen LogP contribution in [0.4, 0.5) is 10.5 Å². The van der Waals surface area contributed by atoms with Gasteiger partial charge in [-0.1, -0.05) is 19.9 Å². The maximum absolute atomic E-state index is 10.7. The van der Waals surface area contributed by atoms with Crippen molar-refractivity contribution in [3.8, 4) is 5.75 Å². The zero-order valence-electron chi connectivity index (χ0n) is 11.2. The summed E-state index contributed by atoms with van der Waals surface area (Å²) in [5, 5.41) is 15.3. The van der Waals surface area contributed by atoms with E-state index in [9.17, 15) is 9.90 Å². The molecule has 5 N–H and O–H groups in total. The van der Waals surface area contributed by atoms with Gasteiger partial charge in [0.05, 0.1) is 0 Å². The first-order valence-corrected chi connectivity index (χ1v) is 6.18. The van der Waals surface area contributed by atoms with Crippen LogP contribution in [-0.2, 0) is 0 Å². The second-order valence-corrected chi connectivity index (χ2v) is 4.54. The van der Waals surface area contributed by atoms with Gasteiger partial charge >= 0.3 is 6.03 Å². The first kappa shape index (κ1) is 15.3. The molecule has 1 rings (SSSR count). The van der Waals surface area contributed by atoms with Crippen LogP contribution in [-0.4, -0.2) is 36.4 Å². The molecule has 1 atom stereocenters. The van der Waals surface area contributed by atoms with E-state index in [-0.39, 0.29) is 6.61 Å². The minimum atomic E-state index is -0.627. The van der Waals surface area contributed by atoms with E-state index in [0.717, 1.165) is 0 Å². The molecule has 0 saturated carbocycles. The molecule has 0 fully saturated rings. The Hall–Kier alpha value is -1.79. The quantitative estimate of drug-likeness (QED) is 0.590. The van der Waals surface area contributed by atoms with E-state index in [2.05, 4.69) is 10.6 Å². The van der Waals surface area contributed by atoms with Gasteiger partial charge in [-0.15, -0.1) is 0 Å². The topological polar surface area (TPSA) is 96.6 Å². The van der Waals surface area contributed by atoms with Gasteiger partial charge in [-0.25, -0.2) is 4.79 Å². The van der Waals surface area contributed by atoms with Crippen LogP contribution in [0.1, 0.15) is 13.8 Å². The summed E-state index contributed by atoms with van der Waals surface area (Å²) in [4.78, 5) is 10.7. The molecule has 0 aliphatic carbocycles. The van der Waals surface area contributed by atoms with Gasteiger partial charge in [0.25, 0.3) is 0 Å². The lowest BCUT2D eigenvalue weighted by molar-refractivity contribution is 0.104. The number of anilines is 1. The van der Waals surface area contributed by atoms with Crippen LogP contribution in [0.3, 0.4) is 0 Å². The predicted molar refractivity (Wildman–Crippen MR) is 74.3 cm³/mol. The summed E-state index contributed by atoms with van der Waals surface area (Å²) < 4.78 is 5.44. The average Bonchev–Trinajstić information content (AvgIpc) is 2.33. The lowest BCUT2D eigenvalue weighted by atomic mass is 10.3. The molecule has 1 aromatic carbocycles. The summed E-state index contributed by atoms with van der Waals surface area (Å²) in [6.07, 6.45) is -0.588. The molecule has 0 aliphatic heterocycles. The number of urea groups is 1. The van der Waals surface area contributed by atoms with Gasteiger partial charge < -0.3 is 26.2 Å². The van der Waals surface area contributed by atoms with Crippen LogP contribution >= 0.6 is 0 Å². The summed E-state index contributed by atoms with van der Waals surface area (Å²) in [6.45, 7) is 4.66. The van der Waals surface area contributed by atoms with E-state index in [1.54, 1.807) is 24.3 Å². The Morgan fingerprint density at radius 2 is 2.21 bits per heavy atom. The van der Waals surface area contributed by atoms with Crippen molar-refractivity contribution >= 4 is 11.7 Å². The Labute approximate surface area is 112 Å². The SMILES string of the molecule is CC(C)NC[C@@H](O)COc1cccc(NC(N)=O)c1. The van der Waals surface area contributed by atoms with E-state index in [1.807, 2.05) is 13.8 Å². The normalized spacial score (nSPS) is 12.2. The third-order valence-electron chi connectivity index (χ3n) is 2.31. The third kappa shape index (κ3) is 6.64. The first-order valence-electron chi connectivity index (χ1n) is 6.18. The Morgan fingerprint density at radius 1 is 1.47 bits per heavy atom. The second kappa shape index (κ2) is 7.60. The largest absolute Gasteiger partial charge is 0.491 e. The Kier molecular flexibility index (Phi) is 6.11. The second-order valence-electron chi connectivity index (χ2n) is 4.54. The number of carbonyl (C=O) groups excluding carboxylic acids is 1. The van der Waals surface area contributed by atoms with Gasteiger partial charge in [0.2, 0.25) is 0 Å². The minimum Gasteiger partial charge on any atom is -0.491 e. The Morgan fingerprint density at radius 3 is 2.84 bits per heavy atom. The van der Waals surface area contributed by atoms with Crippen molar-refractivity contribution in [2.75, 3.05) is 18.5 Å². The number of amides is 2. The van der Waals surface area contributed by atoms with Gasteiger partial charge in [0.15, 0.2) is 0 Å². The van der Waals surface area contributed by atoms with Crippen molar-refractivity contribution in [3.63, 3.8) is 0 Å².